The number of nitrogens with zero attached hydrogens (tertiary/aromatic N) is 1. The van der Waals surface area contributed by atoms with Crippen LogP contribution in [0.5, 0.6) is 0 Å². The predicted octanol–water partition coefficient (Wildman–Crippen LogP) is 1.74. The van der Waals surface area contributed by atoms with E-state index >= 15 is 0 Å². The second kappa shape index (κ2) is 7.61. The van der Waals surface area contributed by atoms with Crippen molar-refractivity contribution in [2.75, 3.05) is 32.5 Å². The van der Waals surface area contributed by atoms with Crippen molar-refractivity contribution in [3.05, 3.63) is 24.3 Å². The van der Waals surface area contributed by atoms with Crippen molar-refractivity contribution in [3.8, 4) is 0 Å². The van der Waals surface area contributed by atoms with Gasteiger partial charge in [-0.25, -0.2) is 13.1 Å². The minimum absolute atomic E-state index is 0.204. The van der Waals surface area contributed by atoms with E-state index in [9.17, 15) is 8.42 Å². The molecule has 6 heteroatoms. The van der Waals surface area contributed by atoms with Gasteiger partial charge < -0.3 is 10.2 Å². The summed E-state index contributed by atoms with van der Waals surface area (Å²) in [4.78, 5) is 2.41. The van der Waals surface area contributed by atoms with Gasteiger partial charge in [-0.15, -0.1) is 0 Å². The Morgan fingerprint density at radius 2 is 1.90 bits per heavy atom. The van der Waals surface area contributed by atoms with Gasteiger partial charge in [-0.05, 0) is 46.1 Å². The molecule has 0 saturated carbocycles. The second-order valence-electron chi connectivity index (χ2n) is 5.13. The normalized spacial score (nSPS) is 13.4. The lowest BCUT2D eigenvalue weighted by atomic mass is 10.2. The molecule has 1 rings (SSSR count). The van der Waals surface area contributed by atoms with Crippen molar-refractivity contribution in [1.82, 2.24) is 9.62 Å². The minimum atomic E-state index is -3.44. The lowest BCUT2D eigenvalue weighted by Crippen LogP contribution is -2.27. The van der Waals surface area contributed by atoms with Crippen LogP contribution in [0.1, 0.15) is 20.3 Å². The zero-order valence-corrected chi connectivity index (χ0v) is 13.5. The van der Waals surface area contributed by atoms with Gasteiger partial charge in [-0.2, -0.15) is 0 Å². The molecular weight excluding hydrogens is 274 g/mol. The molecule has 0 aromatic heterocycles. The fourth-order valence-electron chi connectivity index (χ4n) is 1.88. The van der Waals surface area contributed by atoms with Gasteiger partial charge in [-0.1, -0.05) is 19.1 Å². The van der Waals surface area contributed by atoms with Crippen molar-refractivity contribution in [3.63, 3.8) is 0 Å². The van der Waals surface area contributed by atoms with E-state index in [1.54, 1.807) is 25.1 Å². The fourth-order valence-corrected chi connectivity index (χ4v) is 3.09. The lowest BCUT2D eigenvalue weighted by Gasteiger charge is -2.19. The van der Waals surface area contributed by atoms with Crippen molar-refractivity contribution >= 4 is 15.7 Å². The van der Waals surface area contributed by atoms with Gasteiger partial charge >= 0.3 is 0 Å². The molecule has 5 nitrogen and oxygen atoms in total. The highest BCUT2D eigenvalue weighted by Gasteiger charge is 2.17. The second-order valence-corrected chi connectivity index (χ2v) is 6.87. The largest absolute Gasteiger partial charge is 0.381 e. The van der Waals surface area contributed by atoms with Crippen LogP contribution in [-0.4, -0.2) is 46.5 Å². The van der Waals surface area contributed by atoms with E-state index in [1.807, 2.05) is 20.2 Å². The minimum Gasteiger partial charge on any atom is -0.381 e. The predicted molar refractivity (Wildman–Crippen MR) is 83.6 cm³/mol. The molecule has 1 atom stereocenters. The summed E-state index contributed by atoms with van der Waals surface area (Å²) in [6.07, 6.45) is 0.947. The first-order valence-corrected chi connectivity index (χ1v) is 8.35. The van der Waals surface area contributed by atoms with Crippen LogP contribution in [0.2, 0.25) is 0 Å². The zero-order chi connectivity index (χ0) is 15.2. The van der Waals surface area contributed by atoms with E-state index in [0.717, 1.165) is 13.0 Å². The number of rotatable bonds is 8. The maximum atomic E-state index is 12.1. The third-order valence-corrected chi connectivity index (χ3v) is 4.53. The number of hydrogen-bond acceptors (Lipinski definition) is 4. The van der Waals surface area contributed by atoms with Crippen molar-refractivity contribution in [2.45, 2.75) is 31.2 Å². The van der Waals surface area contributed by atoms with Crippen LogP contribution in [0.15, 0.2) is 29.2 Å². The van der Waals surface area contributed by atoms with Crippen LogP contribution < -0.4 is 10.0 Å². The smallest absolute Gasteiger partial charge is 0.242 e. The first kappa shape index (κ1) is 16.9. The van der Waals surface area contributed by atoms with Gasteiger partial charge in [0, 0.05) is 12.6 Å². The number of nitrogens with one attached hydrogen (secondary N) is 2. The van der Waals surface area contributed by atoms with E-state index in [0.29, 0.717) is 17.1 Å². The van der Waals surface area contributed by atoms with Crippen molar-refractivity contribution < 1.29 is 8.42 Å². The Hall–Kier alpha value is -1.11. The lowest BCUT2D eigenvalue weighted by molar-refractivity contribution is 0.390. The van der Waals surface area contributed by atoms with Gasteiger partial charge in [0.05, 0.1) is 5.69 Å². The monoisotopic (exact) mass is 299 g/mol. The molecule has 1 unspecified atom stereocenters. The summed E-state index contributed by atoms with van der Waals surface area (Å²) < 4.78 is 26.8. The molecule has 1 aromatic carbocycles. The van der Waals surface area contributed by atoms with E-state index < -0.39 is 10.0 Å². The van der Waals surface area contributed by atoms with E-state index in [4.69, 9.17) is 0 Å². The molecule has 0 aliphatic carbocycles. The molecule has 1 aromatic rings. The molecule has 114 valence electrons. The maximum absolute atomic E-state index is 12.1. The van der Waals surface area contributed by atoms with Crippen LogP contribution in [0.25, 0.3) is 0 Å². The molecule has 2 N–H and O–H groups in total. The Balaban J connectivity index is 2.86. The van der Waals surface area contributed by atoms with E-state index in [2.05, 4.69) is 21.9 Å². The summed E-state index contributed by atoms with van der Waals surface area (Å²) in [5.41, 5.74) is 0.653. The molecule has 0 radical (unpaired) electrons. The summed E-state index contributed by atoms with van der Waals surface area (Å²) in [6.45, 7) is 5.16. The zero-order valence-electron chi connectivity index (χ0n) is 12.7. The van der Waals surface area contributed by atoms with Crippen LogP contribution in [0.4, 0.5) is 5.69 Å². The first-order chi connectivity index (χ1) is 9.36. The van der Waals surface area contributed by atoms with Crippen LogP contribution >= 0.6 is 0 Å². The average Bonchev–Trinajstić information content (AvgIpc) is 2.37. The van der Waals surface area contributed by atoms with Gasteiger partial charge in [-0.3, -0.25) is 0 Å². The summed E-state index contributed by atoms with van der Waals surface area (Å²) in [5.74, 6) is 0. The highest BCUT2D eigenvalue weighted by molar-refractivity contribution is 7.89. The fraction of sp³-hybridized carbons (Fsp3) is 0.571. The number of benzene rings is 1. The number of para-hydroxylation sites is 1. The van der Waals surface area contributed by atoms with Crippen molar-refractivity contribution in [1.29, 1.82) is 0 Å². The molecule has 0 bridgehead atoms. The molecule has 0 fully saturated rings. The van der Waals surface area contributed by atoms with Gasteiger partial charge in [0.1, 0.15) is 4.90 Å². The Labute approximate surface area is 122 Å². The quantitative estimate of drug-likeness (QED) is 0.767. The Kier molecular flexibility index (Phi) is 6.45. The molecule has 0 spiro atoms. The Bertz CT molecular complexity index is 515. The third-order valence-electron chi connectivity index (χ3n) is 2.92. The van der Waals surface area contributed by atoms with Crippen molar-refractivity contribution in [2.24, 2.45) is 0 Å². The highest BCUT2D eigenvalue weighted by atomic mass is 32.2. The highest BCUT2D eigenvalue weighted by Crippen LogP contribution is 2.21. The molecule has 0 saturated heterocycles. The summed E-state index contributed by atoms with van der Waals surface area (Å²) in [5, 5.41) is 3.28. The van der Waals surface area contributed by atoms with Crippen LogP contribution in [-0.2, 0) is 10.0 Å². The number of hydrogen-bond donors (Lipinski definition) is 2. The summed E-state index contributed by atoms with van der Waals surface area (Å²) in [6, 6.07) is 7.21. The third kappa shape index (κ3) is 5.11. The van der Waals surface area contributed by atoms with Crippen LogP contribution in [0, 0.1) is 0 Å². The molecule has 0 aliphatic rings. The van der Waals surface area contributed by atoms with E-state index in [1.165, 1.54) is 0 Å². The SMILES string of the molecule is CCNS(=O)(=O)c1ccccc1NC(C)CCN(C)C. The Morgan fingerprint density at radius 3 is 2.50 bits per heavy atom. The number of sulfonamides is 1. The Morgan fingerprint density at radius 1 is 1.25 bits per heavy atom. The maximum Gasteiger partial charge on any atom is 0.242 e. The first-order valence-electron chi connectivity index (χ1n) is 6.86. The topological polar surface area (TPSA) is 61.4 Å². The summed E-state index contributed by atoms with van der Waals surface area (Å²) in [7, 11) is 0.607. The molecule has 0 aliphatic heterocycles. The van der Waals surface area contributed by atoms with E-state index in [-0.39, 0.29) is 6.04 Å². The molecule has 20 heavy (non-hydrogen) atoms. The van der Waals surface area contributed by atoms with Crippen LogP contribution in [0.3, 0.4) is 0 Å². The van der Waals surface area contributed by atoms with Gasteiger partial charge in [0.25, 0.3) is 0 Å². The molecular formula is C14H25N3O2S. The van der Waals surface area contributed by atoms with Gasteiger partial charge in [0.15, 0.2) is 0 Å². The summed E-state index contributed by atoms with van der Waals surface area (Å²) >= 11 is 0. The average molecular weight is 299 g/mol. The molecule has 0 amide bonds. The standard InChI is InChI=1S/C14H25N3O2S/c1-5-15-20(18,19)14-9-7-6-8-13(14)16-12(2)10-11-17(3)4/h6-9,12,15-16H,5,10-11H2,1-4H3. The van der Waals surface area contributed by atoms with Gasteiger partial charge in [0.2, 0.25) is 10.0 Å². The molecule has 0 heterocycles. The number of anilines is 1.